The van der Waals surface area contributed by atoms with Gasteiger partial charge in [0.2, 0.25) is 0 Å². The van der Waals surface area contributed by atoms with Crippen molar-refractivity contribution in [2.24, 2.45) is 5.92 Å². The van der Waals surface area contributed by atoms with Gasteiger partial charge in [0.25, 0.3) is 0 Å². The van der Waals surface area contributed by atoms with E-state index in [1.165, 1.54) is 11.6 Å². The number of epoxide rings is 2. The van der Waals surface area contributed by atoms with Crippen LogP contribution >= 0.6 is 0 Å². The summed E-state index contributed by atoms with van der Waals surface area (Å²) >= 11 is 0. The van der Waals surface area contributed by atoms with E-state index in [1.54, 1.807) is 13.2 Å². The summed E-state index contributed by atoms with van der Waals surface area (Å²) in [6.45, 7) is 11.0. The standard InChI is InChI=1S/C28H38O6/c1-18(2)7-13-23-27(5,34-23)26-25(30-6)22(15-16-28(26)17-31-28)33-24(29)14-10-20-8-11-21(12-9-20)32-19(3)4/h7-12,14,19,22-23,25-26H,13,15-17H2,1-6H3/b14-10+/t22-,23+,25-,26-,27?,28+/m1/s1. The van der Waals surface area contributed by atoms with Crippen molar-refractivity contribution in [3.8, 4) is 5.75 Å². The summed E-state index contributed by atoms with van der Waals surface area (Å²) in [5.74, 6) is 0.453. The van der Waals surface area contributed by atoms with Crippen molar-refractivity contribution in [3.63, 3.8) is 0 Å². The molecule has 1 saturated carbocycles. The Hall–Kier alpha value is -2.15. The molecule has 3 aliphatic rings. The summed E-state index contributed by atoms with van der Waals surface area (Å²) < 4.78 is 29.7. The van der Waals surface area contributed by atoms with E-state index in [9.17, 15) is 4.79 Å². The molecule has 0 bridgehead atoms. The fraction of sp³-hybridized carbons (Fsp3) is 0.607. The van der Waals surface area contributed by atoms with Crippen LogP contribution in [0.15, 0.2) is 42.0 Å². The van der Waals surface area contributed by atoms with Gasteiger partial charge >= 0.3 is 5.97 Å². The Balaban J connectivity index is 1.40. The Kier molecular flexibility index (Phi) is 7.22. The third-order valence-electron chi connectivity index (χ3n) is 7.17. The molecule has 6 nitrogen and oxygen atoms in total. The molecule has 1 spiro atoms. The fourth-order valence-corrected chi connectivity index (χ4v) is 5.35. The van der Waals surface area contributed by atoms with Gasteiger partial charge in [-0.15, -0.1) is 0 Å². The zero-order chi connectivity index (χ0) is 24.5. The molecule has 186 valence electrons. The first kappa shape index (κ1) is 25.0. The van der Waals surface area contributed by atoms with Crippen LogP contribution in [-0.4, -0.2) is 55.3 Å². The molecule has 6 heteroatoms. The summed E-state index contributed by atoms with van der Waals surface area (Å²) in [5, 5.41) is 0. The summed E-state index contributed by atoms with van der Waals surface area (Å²) in [7, 11) is 1.69. The lowest BCUT2D eigenvalue weighted by Gasteiger charge is -2.42. The maximum Gasteiger partial charge on any atom is 0.331 e. The Bertz CT molecular complexity index is 925. The average molecular weight is 471 g/mol. The van der Waals surface area contributed by atoms with Crippen LogP contribution in [0.2, 0.25) is 0 Å². The Morgan fingerprint density at radius 1 is 1.24 bits per heavy atom. The zero-order valence-corrected chi connectivity index (χ0v) is 21.2. The van der Waals surface area contributed by atoms with Crippen molar-refractivity contribution < 1.29 is 28.5 Å². The molecule has 2 saturated heterocycles. The number of methoxy groups -OCH3 is 1. The number of esters is 1. The van der Waals surface area contributed by atoms with E-state index in [-0.39, 0.29) is 47.5 Å². The molecule has 0 radical (unpaired) electrons. The van der Waals surface area contributed by atoms with E-state index in [4.69, 9.17) is 23.7 Å². The highest BCUT2D eigenvalue weighted by atomic mass is 16.6. The van der Waals surface area contributed by atoms with E-state index in [0.29, 0.717) is 13.0 Å². The summed E-state index contributed by atoms with van der Waals surface area (Å²) in [4.78, 5) is 12.7. The Morgan fingerprint density at radius 3 is 2.53 bits per heavy atom. The molecule has 0 N–H and O–H groups in total. The van der Waals surface area contributed by atoms with Crippen LogP contribution in [0.3, 0.4) is 0 Å². The Labute approximate surface area is 203 Å². The monoisotopic (exact) mass is 470 g/mol. The lowest BCUT2D eigenvalue weighted by atomic mass is 9.68. The highest BCUT2D eigenvalue weighted by Crippen LogP contribution is 2.59. The zero-order valence-electron chi connectivity index (χ0n) is 21.2. The first-order valence-corrected chi connectivity index (χ1v) is 12.3. The second-order valence-electron chi connectivity index (χ2n) is 10.4. The smallest absolute Gasteiger partial charge is 0.331 e. The Morgan fingerprint density at radius 2 is 1.94 bits per heavy atom. The SMILES string of the molecule is CO[C@H]1[C@H](C2(C)O[C@H]2CC=C(C)C)[C@]2(CC[C@H]1OC(=O)/C=C/c1ccc(OC(C)C)cc1)CO2. The lowest BCUT2D eigenvalue weighted by Crippen LogP contribution is -2.55. The van der Waals surface area contributed by atoms with Gasteiger partial charge in [-0.25, -0.2) is 4.79 Å². The summed E-state index contributed by atoms with van der Waals surface area (Å²) in [6.07, 6.45) is 7.51. The molecule has 0 aromatic heterocycles. The topological polar surface area (TPSA) is 69.8 Å². The maximum atomic E-state index is 12.7. The second-order valence-corrected chi connectivity index (χ2v) is 10.4. The van der Waals surface area contributed by atoms with Gasteiger partial charge < -0.3 is 23.7 Å². The van der Waals surface area contributed by atoms with E-state index in [0.717, 1.165) is 24.2 Å². The van der Waals surface area contributed by atoms with Crippen molar-refractivity contribution in [1.29, 1.82) is 0 Å². The van der Waals surface area contributed by atoms with Gasteiger partial charge in [0, 0.05) is 13.2 Å². The van der Waals surface area contributed by atoms with Crippen molar-refractivity contribution in [3.05, 3.63) is 47.6 Å². The van der Waals surface area contributed by atoms with Crippen LogP contribution in [0.1, 0.15) is 59.4 Å². The number of carbonyl (C=O) groups excluding carboxylic acids is 1. The number of ether oxygens (including phenoxy) is 5. The molecule has 1 aromatic rings. The van der Waals surface area contributed by atoms with Crippen molar-refractivity contribution in [2.75, 3.05) is 13.7 Å². The molecule has 3 fully saturated rings. The minimum Gasteiger partial charge on any atom is -0.491 e. The van der Waals surface area contributed by atoms with Crippen molar-refractivity contribution in [2.45, 2.75) is 89.5 Å². The molecule has 34 heavy (non-hydrogen) atoms. The molecule has 1 unspecified atom stereocenters. The number of hydrogen-bond acceptors (Lipinski definition) is 6. The number of carbonyl (C=O) groups is 1. The van der Waals surface area contributed by atoms with E-state index in [2.05, 4.69) is 26.8 Å². The first-order valence-electron chi connectivity index (χ1n) is 12.3. The molecule has 2 aliphatic heterocycles. The lowest BCUT2D eigenvalue weighted by molar-refractivity contribution is -0.166. The van der Waals surface area contributed by atoms with Crippen LogP contribution in [0.5, 0.6) is 5.75 Å². The van der Waals surface area contributed by atoms with Gasteiger partial charge in [0.1, 0.15) is 29.2 Å². The van der Waals surface area contributed by atoms with Crippen LogP contribution in [-0.2, 0) is 23.7 Å². The minimum absolute atomic E-state index is 0.0181. The van der Waals surface area contributed by atoms with Crippen LogP contribution in [0.4, 0.5) is 0 Å². The van der Waals surface area contributed by atoms with Crippen molar-refractivity contribution in [1.82, 2.24) is 0 Å². The maximum absolute atomic E-state index is 12.7. The molecular formula is C28H38O6. The summed E-state index contributed by atoms with van der Waals surface area (Å²) in [6, 6.07) is 7.63. The number of rotatable bonds is 9. The first-order chi connectivity index (χ1) is 16.2. The van der Waals surface area contributed by atoms with Gasteiger partial charge in [-0.2, -0.15) is 0 Å². The predicted molar refractivity (Wildman–Crippen MR) is 131 cm³/mol. The third-order valence-corrected chi connectivity index (χ3v) is 7.17. The average Bonchev–Trinajstić information content (AvgIpc) is 3.70. The van der Waals surface area contributed by atoms with Gasteiger partial charge in [-0.05, 0) is 77.7 Å². The fourth-order valence-electron chi connectivity index (χ4n) is 5.35. The third kappa shape index (κ3) is 5.40. The van der Waals surface area contributed by atoms with Gasteiger partial charge in [-0.1, -0.05) is 23.8 Å². The molecule has 1 aliphatic carbocycles. The van der Waals surface area contributed by atoms with E-state index >= 15 is 0 Å². The molecular weight excluding hydrogens is 432 g/mol. The molecule has 6 atom stereocenters. The summed E-state index contributed by atoms with van der Waals surface area (Å²) in [5.41, 5.74) is 1.62. The minimum atomic E-state index is -0.371. The highest BCUT2D eigenvalue weighted by Gasteiger charge is 2.72. The quantitative estimate of drug-likeness (QED) is 0.216. The normalized spacial score (nSPS) is 34.3. The molecule has 1 aromatic carbocycles. The predicted octanol–water partition coefficient (Wildman–Crippen LogP) is 5.11. The molecule has 0 amide bonds. The largest absolute Gasteiger partial charge is 0.491 e. The molecule has 2 heterocycles. The van der Waals surface area contributed by atoms with Crippen LogP contribution < -0.4 is 4.74 Å². The second kappa shape index (κ2) is 9.84. The van der Waals surface area contributed by atoms with Gasteiger partial charge in [-0.3, -0.25) is 0 Å². The van der Waals surface area contributed by atoms with E-state index < -0.39 is 0 Å². The van der Waals surface area contributed by atoms with Gasteiger partial charge in [0.05, 0.1) is 24.7 Å². The number of benzene rings is 1. The number of hydrogen-bond donors (Lipinski definition) is 0. The molecule has 4 rings (SSSR count). The van der Waals surface area contributed by atoms with Crippen LogP contribution in [0, 0.1) is 5.92 Å². The van der Waals surface area contributed by atoms with Gasteiger partial charge in [0.15, 0.2) is 0 Å². The number of allylic oxidation sites excluding steroid dienone is 1. The highest BCUT2D eigenvalue weighted by molar-refractivity contribution is 5.87. The van der Waals surface area contributed by atoms with E-state index in [1.807, 2.05) is 38.1 Å². The van der Waals surface area contributed by atoms with Crippen molar-refractivity contribution >= 4 is 12.0 Å². The van der Waals surface area contributed by atoms with Crippen LogP contribution in [0.25, 0.3) is 6.08 Å².